The van der Waals surface area contributed by atoms with Gasteiger partial charge in [-0.3, -0.25) is 4.68 Å². The summed E-state index contributed by atoms with van der Waals surface area (Å²) in [5.74, 6) is 2.04. The minimum Gasteiger partial charge on any atom is -0.370 e. The molecule has 0 bridgehead atoms. The van der Waals surface area contributed by atoms with E-state index in [2.05, 4.69) is 50.2 Å². The SMILES string of the molecule is CC(C)c1nc(Br)cc(NCCCn2cccn2)n1. The number of aryl methyl sites for hydroxylation is 1. The van der Waals surface area contributed by atoms with Crippen LogP contribution in [0.2, 0.25) is 0 Å². The number of hydrogen-bond donors (Lipinski definition) is 1. The van der Waals surface area contributed by atoms with Gasteiger partial charge in [0.25, 0.3) is 0 Å². The lowest BCUT2D eigenvalue weighted by Crippen LogP contribution is -2.09. The highest BCUT2D eigenvalue weighted by Gasteiger charge is 2.06. The predicted octanol–water partition coefficient (Wildman–Crippen LogP) is 3.06. The van der Waals surface area contributed by atoms with Crippen molar-refractivity contribution in [2.75, 3.05) is 11.9 Å². The number of rotatable bonds is 6. The molecule has 0 saturated carbocycles. The van der Waals surface area contributed by atoms with Crippen molar-refractivity contribution in [1.82, 2.24) is 19.7 Å². The molecule has 5 nitrogen and oxygen atoms in total. The molecule has 2 heterocycles. The van der Waals surface area contributed by atoms with Gasteiger partial charge in [-0.15, -0.1) is 0 Å². The number of hydrogen-bond acceptors (Lipinski definition) is 4. The quantitative estimate of drug-likeness (QED) is 0.655. The van der Waals surface area contributed by atoms with Gasteiger partial charge in [0.2, 0.25) is 0 Å². The van der Waals surface area contributed by atoms with E-state index in [1.807, 2.05) is 23.0 Å². The first kappa shape index (κ1) is 14.0. The van der Waals surface area contributed by atoms with E-state index in [4.69, 9.17) is 0 Å². The van der Waals surface area contributed by atoms with Crippen LogP contribution in [0.3, 0.4) is 0 Å². The molecule has 0 radical (unpaired) electrons. The van der Waals surface area contributed by atoms with Crippen molar-refractivity contribution >= 4 is 21.7 Å². The van der Waals surface area contributed by atoms with Crippen LogP contribution in [0.5, 0.6) is 0 Å². The van der Waals surface area contributed by atoms with Crippen molar-refractivity contribution in [3.05, 3.63) is 35.0 Å². The highest BCUT2D eigenvalue weighted by Crippen LogP contribution is 2.17. The van der Waals surface area contributed by atoms with Gasteiger partial charge in [0.05, 0.1) is 0 Å². The Morgan fingerprint density at radius 3 is 2.89 bits per heavy atom. The number of halogens is 1. The van der Waals surface area contributed by atoms with Gasteiger partial charge in [0.1, 0.15) is 16.2 Å². The van der Waals surface area contributed by atoms with Crippen molar-refractivity contribution in [3.8, 4) is 0 Å². The van der Waals surface area contributed by atoms with Crippen molar-refractivity contribution in [2.45, 2.75) is 32.7 Å². The van der Waals surface area contributed by atoms with Gasteiger partial charge in [0.15, 0.2) is 0 Å². The normalized spacial score (nSPS) is 10.9. The summed E-state index contributed by atoms with van der Waals surface area (Å²) in [6, 6.07) is 3.84. The smallest absolute Gasteiger partial charge is 0.134 e. The maximum absolute atomic E-state index is 4.49. The zero-order valence-electron chi connectivity index (χ0n) is 11.2. The average molecular weight is 324 g/mol. The number of nitrogens with one attached hydrogen (secondary N) is 1. The summed E-state index contributed by atoms with van der Waals surface area (Å²) in [4.78, 5) is 8.85. The van der Waals surface area contributed by atoms with E-state index >= 15 is 0 Å². The topological polar surface area (TPSA) is 55.6 Å². The summed E-state index contributed by atoms with van der Waals surface area (Å²) in [5, 5.41) is 7.49. The number of anilines is 1. The minimum atomic E-state index is 0.321. The molecule has 0 unspecified atom stereocenters. The second-order valence-electron chi connectivity index (χ2n) is 4.64. The summed E-state index contributed by atoms with van der Waals surface area (Å²) in [6.45, 7) is 5.94. The van der Waals surface area contributed by atoms with Crippen LogP contribution in [0.1, 0.15) is 32.0 Å². The van der Waals surface area contributed by atoms with Crippen LogP contribution in [0.15, 0.2) is 29.1 Å². The highest BCUT2D eigenvalue weighted by atomic mass is 79.9. The Balaban J connectivity index is 1.85. The molecular formula is C13H18BrN5. The Bertz CT molecular complexity index is 510. The number of aromatic nitrogens is 4. The standard InChI is InChI=1S/C13H18BrN5/c1-10(2)13-17-11(14)9-12(18-13)15-5-3-7-19-8-4-6-16-19/h4,6,8-10H,3,5,7H2,1-2H3,(H,15,17,18). The first-order valence-corrected chi connectivity index (χ1v) is 7.20. The summed E-state index contributed by atoms with van der Waals surface area (Å²) in [7, 11) is 0. The Morgan fingerprint density at radius 2 is 2.21 bits per heavy atom. The molecule has 2 aromatic heterocycles. The fourth-order valence-electron chi connectivity index (χ4n) is 1.67. The lowest BCUT2D eigenvalue weighted by Gasteiger charge is -2.09. The van der Waals surface area contributed by atoms with Gasteiger partial charge in [-0.05, 0) is 28.4 Å². The van der Waals surface area contributed by atoms with Gasteiger partial charge in [-0.1, -0.05) is 13.8 Å². The van der Waals surface area contributed by atoms with E-state index in [1.54, 1.807) is 6.20 Å². The van der Waals surface area contributed by atoms with E-state index in [0.717, 1.165) is 35.8 Å². The molecule has 2 rings (SSSR count). The summed E-state index contributed by atoms with van der Waals surface area (Å²) >= 11 is 3.42. The van der Waals surface area contributed by atoms with Crippen LogP contribution in [0.4, 0.5) is 5.82 Å². The average Bonchev–Trinajstić information content (AvgIpc) is 2.87. The van der Waals surface area contributed by atoms with Gasteiger partial charge in [-0.2, -0.15) is 5.10 Å². The largest absolute Gasteiger partial charge is 0.370 e. The first-order valence-electron chi connectivity index (χ1n) is 6.41. The molecule has 0 spiro atoms. The Labute approximate surface area is 121 Å². The molecular weight excluding hydrogens is 306 g/mol. The van der Waals surface area contributed by atoms with Crippen molar-refractivity contribution in [3.63, 3.8) is 0 Å². The van der Waals surface area contributed by atoms with Crippen LogP contribution in [0, 0.1) is 0 Å². The highest BCUT2D eigenvalue weighted by molar-refractivity contribution is 9.10. The third-order valence-electron chi connectivity index (χ3n) is 2.66. The molecule has 0 amide bonds. The summed E-state index contributed by atoms with van der Waals surface area (Å²) < 4.78 is 2.75. The van der Waals surface area contributed by atoms with Crippen LogP contribution in [-0.4, -0.2) is 26.3 Å². The van der Waals surface area contributed by atoms with Crippen LogP contribution in [0.25, 0.3) is 0 Å². The maximum atomic E-state index is 4.49. The molecule has 0 saturated heterocycles. The molecule has 0 atom stereocenters. The van der Waals surface area contributed by atoms with Crippen molar-refractivity contribution in [2.24, 2.45) is 0 Å². The molecule has 0 fully saturated rings. The second-order valence-corrected chi connectivity index (χ2v) is 5.45. The van der Waals surface area contributed by atoms with Crippen LogP contribution in [-0.2, 0) is 6.54 Å². The van der Waals surface area contributed by atoms with E-state index in [1.165, 1.54) is 0 Å². The monoisotopic (exact) mass is 323 g/mol. The Kier molecular flexibility index (Phi) is 4.90. The van der Waals surface area contributed by atoms with Gasteiger partial charge in [-0.25, -0.2) is 9.97 Å². The summed E-state index contributed by atoms with van der Waals surface area (Å²) in [5.41, 5.74) is 0. The third kappa shape index (κ3) is 4.31. The lowest BCUT2D eigenvalue weighted by molar-refractivity contribution is 0.591. The van der Waals surface area contributed by atoms with E-state index in [9.17, 15) is 0 Å². The molecule has 2 aromatic rings. The van der Waals surface area contributed by atoms with Crippen LogP contribution < -0.4 is 5.32 Å². The third-order valence-corrected chi connectivity index (χ3v) is 3.06. The van der Waals surface area contributed by atoms with Crippen molar-refractivity contribution in [1.29, 1.82) is 0 Å². The van der Waals surface area contributed by atoms with Crippen LogP contribution >= 0.6 is 15.9 Å². The fourth-order valence-corrected chi connectivity index (χ4v) is 2.07. The molecule has 1 N–H and O–H groups in total. The Morgan fingerprint density at radius 1 is 1.37 bits per heavy atom. The van der Waals surface area contributed by atoms with Gasteiger partial charge < -0.3 is 5.32 Å². The molecule has 19 heavy (non-hydrogen) atoms. The molecule has 6 heteroatoms. The zero-order valence-corrected chi connectivity index (χ0v) is 12.8. The van der Waals surface area contributed by atoms with Crippen molar-refractivity contribution < 1.29 is 0 Å². The minimum absolute atomic E-state index is 0.321. The molecule has 0 aliphatic carbocycles. The fraction of sp³-hybridized carbons (Fsp3) is 0.462. The predicted molar refractivity (Wildman–Crippen MR) is 79.2 cm³/mol. The zero-order chi connectivity index (χ0) is 13.7. The second kappa shape index (κ2) is 6.65. The lowest BCUT2D eigenvalue weighted by atomic mass is 10.2. The molecule has 0 aromatic carbocycles. The van der Waals surface area contributed by atoms with E-state index in [-0.39, 0.29) is 0 Å². The first-order chi connectivity index (χ1) is 9.15. The molecule has 102 valence electrons. The van der Waals surface area contributed by atoms with E-state index < -0.39 is 0 Å². The molecule has 0 aliphatic rings. The molecule has 0 aliphatic heterocycles. The number of nitrogens with zero attached hydrogens (tertiary/aromatic N) is 4. The van der Waals surface area contributed by atoms with Gasteiger partial charge in [0, 0.05) is 37.5 Å². The summed E-state index contributed by atoms with van der Waals surface area (Å²) in [6.07, 6.45) is 4.77. The van der Waals surface area contributed by atoms with E-state index in [0.29, 0.717) is 5.92 Å². The Hall–Kier alpha value is -1.43. The maximum Gasteiger partial charge on any atom is 0.134 e. The van der Waals surface area contributed by atoms with Gasteiger partial charge >= 0.3 is 0 Å².